The van der Waals surface area contributed by atoms with Crippen LogP contribution in [0.25, 0.3) is 0 Å². The number of para-hydroxylation sites is 1. The molecule has 0 bridgehead atoms. The summed E-state index contributed by atoms with van der Waals surface area (Å²) in [6, 6.07) is 10.2. The van der Waals surface area contributed by atoms with Crippen LogP contribution in [0.5, 0.6) is 0 Å². The Bertz CT molecular complexity index is 1080. The van der Waals surface area contributed by atoms with Gasteiger partial charge in [-0.15, -0.1) is 0 Å². The number of sulfonamides is 2. The fourth-order valence-corrected chi connectivity index (χ4v) is 5.50. The number of nitrogens with one attached hydrogen (secondary N) is 1. The Labute approximate surface area is 177 Å². The van der Waals surface area contributed by atoms with Gasteiger partial charge in [0.2, 0.25) is 10.0 Å². The zero-order valence-electron chi connectivity index (χ0n) is 16.3. The number of rotatable bonds is 6. The minimum absolute atomic E-state index is 0.0261. The standard InChI is InChI=1S/C19H24ClN3O4S2/c1-22(2)29(26,27)16-11-9-15(10-12-16)28(24,25)21-18-8-6-7-17(20)19(18)23-13-4-3-5-14-23/h6-12,21H,3-5,13-14H2,1-2H3. The molecule has 1 heterocycles. The second kappa shape index (κ2) is 8.51. The van der Waals surface area contributed by atoms with Crippen LogP contribution in [0.4, 0.5) is 11.4 Å². The minimum atomic E-state index is -3.92. The second-order valence-corrected chi connectivity index (χ2v) is 11.3. The number of benzene rings is 2. The fraction of sp³-hybridized carbons (Fsp3) is 0.368. The molecule has 10 heteroatoms. The summed E-state index contributed by atoms with van der Waals surface area (Å²) in [5.41, 5.74) is 1.08. The van der Waals surface area contributed by atoms with Crippen molar-refractivity contribution >= 4 is 43.0 Å². The average Bonchev–Trinajstić information content (AvgIpc) is 2.68. The first kappa shape index (κ1) is 21.9. The van der Waals surface area contributed by atoms with E-state index in [1.807, 2.05) is 0 Å². The molecule has 2 aromatic rings. The van der Waals surface area contributed by atoms with Gasteiger partial charge < -0.3 is 4.90 Å². The molecule has 0 spiro atoms. The molecule has 7 nitrogen and oxygen atoms in total. The van der Waals surface area contributed by atoms with Crippen molar-refractivity contribution in [2.75, 3.05) is 36.8 Å². The fourth-order valence-electron chi connectivity index (χ4n) is 3.24. The van der Waals surface area contributed by atoms with Crippen molar-refractivity contribution in [2.24, 2.45) is 0 Å². The predicted octanol–water partition coefficient (Wildman–Crippen LogP) is 3.38. The molecule has 0 aromatic heterocycles. The van der Waals surface area contributed by atoms with E-state index in [0.717, 1.165) is 36.7 Å². The molecule has 0 aliphatic carbocycles. The highest BCUT2D eigenvalue weighted by molar-refractivity contribution is 7.92. The van der Waals surface area contributed by atoms with Gasteiger partial charge in [-0.2, -0.15) is 0 Å². The Kier molecular flexibility index (Phi) is 6.42. The summed E-state index contributed by atoms with van der Waals surface area (Å²) in [6.07, 6.45) is 3.20. The van der Waals surface area contributed by atoms with Crippen LogP contribution in [0.1, 0.15) is 19.3 Å². The molecular formula is C19H24ClN3O4S2. The summed E-state index contributed by atoms with van der Waals surface area (Å²) in [4.78, 5) is 2.09. The normalized spacial score (nSPS) is 15.5. The van der Waals surface area contributed by atoms with Gasteiger partial charge in [0, 0.05) is 27.2 Å². The van der Waals surface area contributed by atoms with Crippen molar-refractivity contribution < 1.29 is 16.8 Å². The number of anilines is 2. The largest absolute Gasteiger partial charge is 0.369 e. The maximum absolute atomic E-state index is 12.9. The topological polar surface area (TPSA) is 86.8 Å². The van der Waals surface area contributed by atoms with Gasteiger partial charge in [0.1, 0.15) is 0 Å². The highest BCUT2D eigenvalue weighted by atomic mass is 35.5. The van der Waals surface area contributed by atoms with Crippen LogP contribution < -0.4 is 9.62 Å². The van der Waals surface area contributed by atoms with Crippen LogP contribution in [0, 0.1) is 0 Å². The maximum Gasteiger partial charge on any atom is 0.261 e. The van der Waals surface area contributed by atoms with E-state index in [9.17, 15) is 16.8 Å². The lowest BCUT2D eigenvalue weighted by molar-refractivity contribution is 0.520. The van der Waals surface area contributed by atoms with E-state index in [1.54, 1.807) is 18.2 Å². The van der Waals surface area contributed by atoms with Gasteiger partial charge in [0.15, 0.2) is 0 Å². The second-order valence-electron chi connectivity index (χ2n) is 7.05. The van der Waals surface area contributed by atoms with Gasteiger partial charge >= 0.3 is 0 Å². The molecule has 1 aliphatic heterocycles. The first-order chi connectivity index (χ1) is 13.6. The van der Waals surface area contributed by atoms with Crippen molar-refractivity contribution in [3.8, 4) is 0 Å². The Morgan fingerprint density at radius 1 is 0.897 bits per heavy atom. The smallest absolute Gasteiger partial charge is 0.261 e. The molecule has 158 valence electrons. The highest BCUT2D eigenvalue weighted by Crippen LogP contribution is 2.36. The zero-order chi connectivity index (χ0) is 21.2. The molecule has 3 rings (SSSR count). The van der Waals surface area contributed by atoms with Gasteiger partial charge in [0.05, 0.1) is 26.2 Å². The van der Waals surface area contributed by atoms with Gasteiger partial charge in [-0.1, -0.05) is 17.7 Å². The lowest BCUT2D eigenvalue weighted by Crippen LogP contribution is -2.30. The molecular weight excluding hydrogens is 434 g/mol. The number of halogens is 1. The Balaban J connectivity index is 1.91. The van der Waals surface area contributed by atoms with E-state index in [2.05, 4.69) is 9.62 Å². The van der Waals surface area contributed by atoms with Gasteiger partial charge in [-0.25, -0.2) is 21.1 Å². The number of nitrogens with zero attached hydrogens (tertiary/aromatic N) is 2. The summed E-state index contributed by atoms with van der Waals surface area (Å²) >= 11 is 6.39. The molecule has 29 heavy (non-hydrogen) atoms. The van der Waals surface area contributed by atoms with Crippen LogP contribution in [-0.4, -0.2) is 48.3 Å². The molecule has 1 aliphatic rings. The third-order valence-electron chi connectivity index (χ3n) is 4.82. The number of hydrogen-bond acceptors (Lipinski definition) is 5. The SMILES string of the molecule is CN(C)S(=O)(=O)c1ccc(S(=O)(=O)Nc2cccc(Cl)c2N2CCCCC2)cc1. The van der Waals surface area contributed by atoms with Gasteiger partial charge in [-0.3, -0.25) is 4.72 Å². The molecule has 0 amide bonds. The van der Waals surface area contributed by atoms with Crippen LogP contribution in [0.15, 0.2) is 52.3 Å². The lowest BCUT2D eigenvalue weighted by Gasteiger charge is -2.31. The van der Waals surface area contributed by atoms with E-state index in [1.165, 1.54) is 38.4 Å². The monoisotopic (exact) mass is 457 g/mol. The minimum Gasteiger partial charge on any atom is -0.369 e. The van der Waals surface area contributed by atoms with Crippen molar-refractivity contribution in [2.45, 2.75) is 29.1 Å². The summed E-state index contributed by atoms with van der Waals surface area (Å²) < 4.78 is 53.9. The van der Waals surface area contributed by atoms with Crippen LogP contribution in [-0.2, 0) is 20.0 Å². The number of piperidine rings is 1. The van der Waals surface area contributed by atoms with Crippen LogP contribution >= 0.6 is 11.6 Å². The molecule has 0 atom stereocenters. The lowest BCUT2D eigenvalue weighted by atomic mass is 10.1. The molecule has 0 saturated carbocycles. The van der Waals surface area contributed by atoms with E-state index in [4.69, 9.17) is 11.6 Å². The summed E-state index contributed by atoms with van der Waals surface area (Å²) in [5, 5.41) is 0.486. The summed E-state index contributed by atoms with van der Waals surface area (Å²) in [6.45, 7) is 1.63. The van der Waals surface area contributed by atoms with Crippen molar-refractivity contribution in [1.29, 1.82) is 0 Å². The Morgan fingerprint density at radius 3 is 2.07 bits per heavy atom. The van der Waals surface area contributed by atoms with E-state index in [-0.39, 0.29) is 9.79 Å². The summed E-state index contributed by atoms with van der Waals surface area (Å²) in [5.74, 6) is 0. The van der Waals surface area contributed by atoms with Crippen molar-refractivity contribution in [3.05, 3.63) is 47.5 Å². The summed E-state index contributed by atoms with van der Waals surface area (Å²) in [7, 11) is -4.71. The first-order valence-electron chi connectivity index (χ1n) is 9.22. The van der Waals surface area contributed by atoms with E-state index < -0.39 is 20.0 Å². The highest BCUT2D eigenvalue weighted by Gasteiger charge is 2.23. The Hall–Kier alpha value is -1.81. The van der Waals surface area contributed by atoms with Crippen LogP contribution in [0.3, 0.4) is 0 Å². The third kappa shape index (κ3) is 4.69. The molecule has 1 fully saturated rings. The zero-order valence-corrected chi connectivity index (χ0v) is 18.7. The quantitative estimate of drug-likeness (QED) is 0.718. The van der Waals surface area contributed by atoms with Gasteiger partial charge in [-0.05, 0) is 55.7 Å². The molecule has 2 aromatic carbocycles. The van der Waals surface area contributed by atoms with Gasteiger partial charge in [0.25, 0.3) is 10.0 Å². The molecule has 1 saturated heterocycles. The third-order valence-corrected chi connectivity index (χ3v) is 8.33. The van der Waals surface area contributed by atoms with E-state index >= 15 is 0 Å². The predicted molar refractivity (Wildman–Crippen MR) is 116 cm³/mol. The molecule has 0 unspecified atom stereocenters. The first-order valence-corrected chi connectivity index (χ1v) is 12.5. The van der Waals surface area contributed by atoms with E-state index in [0.29, 0.717) is 16.4 Å². The molecule has 0 radical (unpaired) electrons. The number of hydrogen-bond donors (Lipinski definition) is 1. The maximum atomic E-state index is 12.9. The molecule has 1 N–H and O–H groups in total. The van der Waals surface area contributed by atoms with Crippen molar-refractivity contribution in [1.82, 2.24) is 4.31 Å². The van der Waals surface area contributed by atoms with Crippen molar-refractivity contribution in [3.63, 3.8) is 0 Å². The Morgan fingerprint density at radius 2 is 1.48 bits per heavy atom. The average molecular weight is 458 g/mol. The van der Waals surface area contributed by atoms with Crippen LogP contribution in [0.2, 0.25) is 5.02 Å².